The molecule has 1 N–H and O–H groups in total. The van der Waals surface area contributed by atoms with Gasteiger partial charge in [-0.1, -0.05) is 18.2 Å². The molecular formula is C14H17N3O. The van der Waals surface area contributed by atoms with Crippen molar-refractivity contribution >= 4 is 0 Å². The van der Waals surface area contributed by atoms with Crippen molar-refractivity contribution in [2.45, 2.75) is 25.6 Å². The molecule has 1 aliphatic rings. The molecule has 0 aliphatic carbocycles. The Bertz CT molecular complexity index is 510. The average Bonchev–Trinajstić information content (AvgIpc) is 2.97. The first-order valence-electron chi connectivity index (χ1n) is 6.25. The molecule has 1 atom stereocenters. The molecule has 0 amide bonds. The molecule has 1 unspecified atom stereocenters. The van der Waals surface area contributed by atoms with E-state index in [0.717, 1.165) is 25.3 Å². The van der Waals surface area contributed by atoms with Gasteiger partial charge in [0.15, 0.2) is 0 Å². The number of hydrogen-bond acceptors (Lipinski definition) is 3. The van der Waals surface area contributed by atoms with Crippen molar-refractivity contribution in [3.8, 4) is 5.75 Å². The third-order valence-electron chi connectivity index (χ3n) is 3.27. The summed E-state index contributed by atoms with van der Waals surface area (Å²) in [4.78, 5) is 4.20. The fourth-order valence-electron chi connectivity index (χ4n) is 2.42. The SMILES string of the molecule is CNCc1cncn1CC1Cc2ccccc2O1. The zero-order chi connectivity index (χ0) is 12.4. The minimum atomic E-state index is 0.215. The summed E-state index contributed by atoms with van der Waals surface area (Å²) < 4.78 is 8.10. The number of imidazole rings is 1. The average molecular weight is 243 g/mol. The van der Waals surface area contributed by atoms with Crippen LogP contribution in [0.5, 0.6) is 5.75 Å². The third-order valence-corrected chi connectivity index (χ3v) is 3.27. The first-order valence-corrected chi connectivity index (χ1v) is 6.25. The zero-order valence-electron chi connectivity index (χ0n) is 10.5. The zero-order valence-corrected chi connectivity index (χ0v) is 10.5. The summed E-state index contributed by atoms with van der Waals surface area (Å²) in [5.41, 5.74) is 2.50. The fraction of sp³-hybridized carbons (Fsp3) is 0.357. The number of benzene rings is 1. The van der Waals surface area contributed by atoms with Crippen LogP contribution in [0.2, 0.25) is 0 Å². The smallest absolute Gasteiger partial charge is 0.123 e. The van der Waals surface area contributed by atoms with Crippen LogP contribution in [0.15, 0.2) is 36.8 Å². The molecule has 4 heteroatoms. The molecule has 0 saturated carbocycles. The van der Waals surface area contributed by atoms with Gasteiger partial charge in [0.05, 0.1) is 18.6 Å². The predicted octanol–water partition coefficient (Wildman–Crippen LogP) is 1.61. The highest BCUT2D eigenvalue weighted by Crippen LogP contribution is 2.28. The molecule has 94 valence electrons. The molecule has 2 heterocycles. The molecule has 4 nitrogen and oxygen atoms in total. The first kappa shape index (κ1) is 11.3. The largest absolute Gasteiger partial charge is 0.488 e. The lowest BCUT2D eigenvalue weighted by atomic mass is 10.1. The summed E-state index contributed by atoms with van der Waals surface area (Å²) >= 11 is 0. The summed E-state index contributed by atoms with van der Waals surface area (Å²) in [5, 5.41) is 3.15. The second-order valence-corrected chi connectivity index (χ2v) is 4.62. The third kappa shape index (κ3) is 2.11. The number of para-hydroxylation sites is 1. The van der Waals surface area contributed by atoms with Gasteiger partial charge in [0.2, 0.25) is 0 Å². The van der Waals surface area contributed by atoms with Crippen LogP contribution in [-0.4, -0.2) is 22.7 Å². The Morgan fingerprint density at radius 1 is 1.44 bits per heavy atom. The summed E-state index contributed by atoms with van der Waals surface area (Å²) in [5.74, 6) is 1.03. The van der Waals surface area contributed by atoms with Gasteiger partial charge in [0.25, 0.3) is 0 Å². The van der Waals surface area contributed by atoms with Crippen LogP contribution in [0.3, 0.4) is 0 Å². The summed E-state index contributed by atoms with van der Waals surface area (Å²) in [7, 11) is 1.94. The summed E-state index contributed by atoms with van der Waals surface area (Å²) in [6, 6.07) is 8.26. The van der Waals surface area contributed by atoms with Gasteiger partial charge in [0.1, 0.15) is 11.9 Å². The molecule has 1 aromatic carbocycles. The second kappa shape index (κ2) is 4.82. The van der Waals surface area contributed by atoms with Crippen molar-refractivity contribution in [3.05, 3.63) is 48.0 Å². The van der Waals surface area contributed by atoms with E-state index in [1.807, 2.05) is 31.7 Å². The van der Waals surface area contributed by atoms with Crippen LogP contribution in [0.1, 0.15) is 11.3 Å². The van der Waals surface area contributed by atoms with E-state index >= 15 is 0 Å². The molecule has 1 aromatic heterocycles. The predicted molar refractivity (Wildman–Crippen MR) is 69.6 cm³/mol. The molecule has 0 spiro atoms. The number of aromatic nitrogens is 2. The molecule has 3 rings (SSSR count). The normalized spacial score (nSPS) is 17.5. The number of nitrogens with zero attached hydrogens (tertiary/aromatic N) is 2. The molecule has 18 heavy (non-hydrogen) atoms. The minimum absolute atomic E-state index is 0.215. The van der Waals surface area contributed by atoms with E-state index < -0.39 is 0 Å². The number of fused-ring (bicyclic) bond motifs is 1. The first-order chi connectivity index (χ1) is 8.86. The van der Waals surface area contributed by atoms with Gasteiger partial charge < -0.3 is 14.6 Å². The molecule has 0 fully saturated rings. The number of ether oxygens (including phenoxy) is 1. The van der Waals surface area contributed by atoms with Crippen molar-refractivity contribution < 1.29 is 4.74 Å². The van der Waals surface area contributed by atoms with Crippen molar-refractivity contribution in [1.29, 1.82) is 0 Å². The van der Waals surface area contributed by atoms with Crippen LogP contribution in [0, 0.1) is 0 Å². The van der Waals surface area contributed by atoms with E-state index in [1.165, 1.54) is 11.3 Å². The van der Waals surface area contributed by atoms with Crippen LogP contribution >= 0.6 is 0 Å². The van der Waals surface area contributed by atoms with Crippen molar-refractivity contribution in [1.82, 2.24) is 14.9 Å². The Balaban J connectivity index is 1.70. The van der Waals surface area contributed by atoms with Crippen LogP contribution in [0.4, 0.5) is 0 Å². The standard InChI is InChI=1S/C14H17N3O/c1-15-7-12-8-16-10-17(12)9-13-6-11-4-2-3-5-14(11)18-13/h2-5,8,10,13,15H,6-7,9H2,1H3. The van der Waals surface area contributed by atoms with Gasteiger partial charge in [-0.2, -0.15) is 0 Å². The maximum Gasteiger partial charge on any atom is 0.123 e. The number of nitrogens with one attached hydrogen (secondary N) is 1. The van der Waals surface area contributed by atoms with Gasteiger partial charge >= 0.3 is 0 Å². The molecule has 0 saturated heterocycles. The molecule has 0 bridgehead atoms. The van der Waals surface area contributed by atoms with Gasteiger partial charge in [-0.25, -0.2) is 4.98 Å². The Hall–Kier alpha value is -1.81. The molecular weight excluding hydrogens is 226 g/mol. The highest BCUT2D eigenvalue weighted by atomic mass is 16.5. The van der Waals surface area contributed by atoms with Crippen LogP contribution in [0.25, 0.3) is 0 Å². The number of rotatable bonds is 4. The lowest BCUT2D eigenvalue weighted by Gasteiger charge is -2.13. The number of hydrogen-bond donors (Lipinski definition) is 1. The Morgan fingerprint density at radius 3 is 3.17 bits per heavy atom. The maximum absolute atomic E-state index is 5.94. The highest BCUT2D eigenvalue weighted by Gasteiger charge is 2.23. The van der Waals surface area contributed by atoms with Crippen LogP contribution in [-0.2, 0) is 19.5 Å². The van der Waals surface area contributed by atoms with Crippen molar-refractivity contribution in [3.63, 3.8) is 0 Å². The Labute approximate surface area is 107 Å². The lowest BCUT2D eigenvalue weighted by molar-refractivity contribution is 0.207. The minimum Gasteiger partial charge on any atom is -0.488 e. The van der Waals surface area contributed by atoms with Crippen molar-refractivity contribution in [2.75, 3.05) is 7.05 Å². The van der Waals surface area contributed by atoms with E-state index in [-0.39, 0.29) is 6.10 Å². The van der Waals surface area contributed by atoms with Gasteiger partial charge in [-0.15, -0.1) is 0 Å². The van der Waals surface area contributed by atoms with E-state index in [0.29, 0.717) is 0 Å². The Morgan fingerprint density at radius 2 is 2.33 bits per heavy atom. The van der Waals surface area contributed by atoms with E-state index in [2.05, 4.69) is 27.0 Å². The Kier molecular flexibility index (Phi) is 3.02. The van der Waals surface area contributed by atoms with Crippen molar-refractivity contribution in [2.24, 2.45) is 0 Å². The maximum atomic E-state index is 5.94. The van der Waals surface area contributed by atoms with Gasteiger partial charge in [0, 0.05) is 19.2 Å². The van der Waals surface area contributed by atoms with E-state index in [9.17, 15) is 0 Å². The van der Waals surface area contributed by atoms with E-state index in [4.69, 9.17) is 4.74 Å². The monoisotopic (exact) mass is 243 g/mol. The van der Waals surface area contributed by atoms with E-state index in [1.54, 1.807) is 0 Å². The highest BCUT2D eigenvalue weighted by molar-refractivity contribution is 5.37. The van der Waals surface area contributed by atoms with Crippen LogP contribution < -0.4 is 10.1 Å². The van der Waals surface area contributed by atoms with Gasteiger partial charge in [-0.3, -0.25) is 0 Å². The second-order valence-electron chi connectivity index (χ2n) is 4.62. The lowest BCUT2D eigenvalue weighted by Crippen LogP contribution is -2.22. The molecule has 0 radical (unpaired) electrons. The quantitative estimate of drug-likeness (QED) is 0.886. The summed E-state index contributed by atoms with van der Waals surface area (Å²) in [6.45, 7) is 1.69. The molecule has 2 aromatic rings. The topological polar surface area (TPSA) is 39.1 Å². The summed E-state index contributed by atoms with van der Waals surface area (Å²) in [6.07, 6.45) is 4.97. The van der Waals surface area contributed by atoms with Gasteiger partial charge in [-0.05, 0) is 18.7 Å². The molecule has 1 aliphatic heterocycles. The fourth-order valence-corrected chi connectivity index (χ4v) is 2.42.